The van der Waals surface area contributed by atoms with Gasteiger partial charge in [-0.15, -0.1) is 0 Å². The van der Waals surface area contributed by atoms with Gasteiger partial charge < -0.3 is 14.8 Å². The first-order valence-corrected chi connectivity index (χ1v) is 4.69. The molecular formula is C11H15NO3. The van der Waals surface area contributed by atoms with Gasteiger partial charge in [-0.3, -0.25) is 0 Å². The fourth-order valence-electron chi connectivity index (χ4n) is 1.17. The summed E-state index contributed by atoms with van der Waals surface area (Å²) in [5.74, 6) is -0.328. The number of hydrogen-bond acceptors (Lipinski definition) is 4. The van der Waals surface area contributed by atoms with Crippen LogP contribution in [0.2, 0.25) is 0 Å². The summed E-state index contributed by atoms with van der Waals surface area (Å²) < 4.78 is 9.53. The van der Waals surface area contributed by atoms with E-state index in [9.17, 15) is 4.79 Å². The number of rotatable bonds is 5. The molecule has 0 aliphatic heterocycles. The number of carbonyl (C=O) groups excluding carboxylic acids is 1. The topological polar surface area (TPSA) is 47.6 Å². The Morgan fingerprint density at radius 1 is 1.40 bits per heavy atom. The molecule has 0 heterocycles. The van der Waals surface area contributed by atoms with E-state index in [1.54, 1.807) is 25.3 Å². The lowest BCUT2D eigenvalue weighted by atomic mass is 10.2. The van der Waals surface area contributed by atoms with E-state index in [2.05, 4.69) is 10.1 Å². The van der Waals surface area contributed by atoms with Gasteiger partial charge in [0, 0.05) is 19.3 Å². The normalized spacial score (nSPS) is 9.73. The van der Waals surface area contributed by atoms with Crippen LogP contribution in [0.15, 0.2) is 24.3 Å². The van der Waals surface area contributed by atoms with Crippen molar-refractivity contribution in [2.45, 2.75) is 0 Å². The van der Waals surface area contributed by atoms with Crippen LogP contribution in [0.1, 0.15) is 10.4 Å². The molecular weight excluding hydrogens is 194 g/mol. The number of benzene rings is 1. The second-order valence-corrected chi connectivity index (χ2v) is 2.99. The summed E-state index contributed by atoms with van der Waals surface area (Å²) in [7, 11) is 3.01. The van der Waals surface area contributed by atoms with Crippen LogP contribution in [0, 0.1) is 0 Å². The molecule has 4 nitrogen and oxygen atoms in total. The highest BCUT2D eigenvalue weighted by atomic mass is 16.5. The molecule has 0 amide bonds. The zero-order chi connectivity index (χ0) is 11.1. The highest BCUT2D eigenvalue weighted by molar-refractivity contribution is 5.90. The van der Waals surface area contributed by atoms with Crippen LogP contribution in [0.5, 0.6) is 0 Å². The molecule has 82 valence electrons. The van der Waals surface area contributed by atoms with Crippen molar-refractivity contribution in [3.05, 3.63) is 29.8 Å². The maximum Gasteiger partial charge on any atom is 0.337 e. The van der Waals surface area contributed by atoms with Crippen molar-refractivity contribution in [2.75, 3.05) is 32.7 Å². The lowest BCUT2D eigenvalue weighted by Gasteiger charge is -2.06. The van der Waals surface area contributed by atoms with Crippen molar-refractivity contribution in [3.63, 3.8) is 0 Å². The number of ether oxygens (including phenoxy) is 2. The van der Waals surface area contributed by atoms with Gasteiger partial charge in [0.1, 0.15) is 0 Å². The minimum absolute atomic E-state index is 0.328. The van der Waals surface area contributed by atoms with Gasteiger partial charge in [0.15, 0.2) is 0 Å². The van der Waals surface area contributed by atoms with E-state index in [-0.39, 0.29) is 5.97 Å². The van der Waals surface area contributed by atoms with Crippen molar-refractivity contribution in [1.82, 2.24) is 0 Å². The summed E-state index contributed by atoms with van der Waals surface area (Å²) in [6.07, 6.45) is 0. The first-order chi connectivity index (χ1) is 7.27. The lowest BCUT2D eigenvalue weighted by molar-refractivity contribution is 0.0601. The van der Waals surface area contributed by atoms with Gasteiger partial charge in [-0.1, -0.05) is 6.07 Å². The van der Waals surface area contributed by atoms with E-state index in [0.717, 1.165) is 5.69 Å². The Labute approximate surface area is 89.2 Å². The second kappa shape index (κ2) is 6.03. The Balaban J connectivity index is 2.62. The third kappa shape index (κ3) is 3.59. The van der Waals surface area contributed by atoms with E-state index in [4.69, 9.17) is 4.74 Å². The standard InChI is InChI=1S/C11H15NO3/c1-14-7-6-12-10-5-3-4-9(8-10)11(13)15-2/h3-5,8,12H,6-7H2,1-2H3. The smallest absolute Gasteiger partial charge is 0.337 e. The lowest BCUT2D eigenvalue weighted by Crippen LogP contribution is -2.08. The molecule has 1 aromatic carbocycles. The Bertz CT molecular complexity index is 325. The zero-order valence-corrected chi connectivity index (χ0v) is 8.95. The van der Waals surface area contributed by atoms with Crippen LogP contribution in [0.3, 0.4) is 0 Å². The van der Waals surface area contributed by atoms with Crippen LogP contribution < -0.4 is 5.32 Å². The summed E-state index contributed by atoms with van der Waals surface area (Å²) in [5, 5.41) is 3.13. The van der Waals surface area contributed by atoms with Crippen molar-refractivity contribution in [1.29, 1.82) is 0 Å². The molecule has 0 bridgehead atoms. The minimum Gasteiger partial charge on any atom is -0.465 e. The van der Waals surface area contributed by atoms with Gasteiger partial charge in [-0.25, -0.2) is 4.79 Å². The van der Waals surface area contributed by atoms with Crippen LogP contribution in [0.25, 0.3) is 0 Å². The first-order valence-electron chi connectivity index (χ1n) is 4.69. The maximum absolute atomic E-state index is 11.2. The van der Waals surface area contributed by atoms with E-state index in [0.29, 0.717) is 18.7 Å². The van der Waals surface area contributed by atoms with E-state index >= 15 is 0 Å². The Hall–Kier alpha value is -1.55. The largest absolute Gasteiger partial charge is 0.465 e. The first kappa shape index (κ1) is 11.5. The maximum atomic E-state index is 11.2. The number of hydrogen-bond donors (Lipinski definition) is 1. The molecule has 1 N–H and O–H groups in total. The van der Waals surface area contributed by atoms with Crippen molar-refractivity contribution in [2.24, 2.45) is 0 Å². The fraction of sp³-hybridized carbons (Fsp3) is 0.364. The molecule has 0 unspecified atom stereocenters. The van der Waals surface area contributed by atoms with Gasteiger partial charge in [-0.2, -0.15) is 0 Å². The van der Waals surface area contributed by atoms with E-state index < -0.39 is 0 Å². The van der Waals surface area contributed by atoms with Crippen LogP contribution >= 0.6 is 0 Å². The summed E-state index contributed by atoms with van der Waals surface area (Å²) in [6.45, 7) is 1.34. The Kier molecular flexibility index (Phi) is 4.63. The molecule has 0 aromatic heterocycles. The zero-order valence-electron chi connectivity index (χ0n) is 8.95. The average Bonchev–Trinajstić information content (AvgIpc) is 2.29. The number of anilines is 1. The molecule has 0 aliphatic rings. The second-order valence-electron chi connectivity index (χ2n) is 2.99. The number of nitrogens with one attached hydrogen (secondary N) is 1. The van der Waals surface area contributed by atoms with Gasteiger partial charge in [-0.05, 0) is 18.2 Å². The van der Waals surface area contributed by atoms with Crippen molar-refractivity contribution < 1.29 is 14.3 Å². The molecule has 0 saturated heterocycles. The molecule has 4 heteroatoms. The predicted octanol–water partition coefficient (Wildman–Crippen LogP) is 1.53. The minimum atomic E-state index is -0.328. The summed E-state index contributed by atoms with van der Waals surface area (Å²) >= 11 is 0. The highest BCUT2D eigenvalue weighted by Crippen LogP contribution is 2.10. The predicted molar refractivity (Wildman–Crippen MR) is 58.1 cm³/mol. The molecule has 1 aromatic rings. The number of carbonyl (C=O) groups is 1. The third-order valence-corrected chi connectivity index (χ3v) is 1.92. The molecule has 0 fully saturated rings. The summed E-state index contributed by atoms with van der Waals surface area (Å²) in [5.41, 5.74) is 1.43. The van der Waals surface area contributed by atoms with E-state index in [1.165, 1.54) is 7.11 Å². The molecule has 1 rings (SSSR count). The van der Waals surface area contributed by atoms with Crippen LogP contribution in [-0.4, -0.2) is 33.3 Å². The Morgan fingerprint density at radius 2 is 2.20 bits per heavy atom. The molecule has 0 atom stereocenters. The van der Waals surface area contributed by atoms with E-state index in [1.807, 2.05) is 6.07 Å². The quantitative estimate of drug-likeness (QED) is 0.590. The van der Waals surface area contributed by atoms with Gasteiger partial charge in [0.25, 0.3) is 0 Å². The van der Waals surface area contributed by atoms with Crippen LogP contribution in [0.4, 0.5) is 5.69 Å². The molecule has 0 saturated carbocycles. The van der Waals surface area contributed by atoms with Crippen LogP contribution in [-0.2, 0) is 9.47 Å². The monoisotopic (exact) mass is 209 g/mol. The highest BCUT2D eigenvalue weighted by Gasteiger charge is 2.04. The van der Waals surface area contributed by atoms with Gasteiger partial charge in [0.2, 0.25) is 0 Å². The number of methoxy groups -OCH3 is 2. The van der Waals surface area contributed by atoms with Crippen molar-refractivity contribution >= 4 is 11.7 Å². The van der Waals surface area contributed by atoms with Gasteiger partial charge >= 0.3 is 5.97 Å². The van der Waals surface area contributed by atoms with Gasteiger partial charge in [0.05, 0.1) is 19.3 Å². The third-order valence-electron chi connectivity index (χ3n) is 1.92. The number of esters is 1. The fourth-order valence-corrected chi connectivity index (χ4v) is 1.17. The average molecular weight is 209 g/mol. The SMILES string of the molecule is COCCNc1cccc(C(=O)OC)c1. The molecule has 0 aliphatic carbocycles. The Morgan fingerprint density at radius 3 is 2.87 bits per heavy atom. The molecule has 15 heavy (non-hydrogen) atoms. The summed E-state index contributed by atoms with van der Waals surface area (Å²) in [4.78, 5) is 11.2. The summed E-state index contributed by atoms with van der Waals surface area (Å²) in [6, 6.07) is 7.16. The van der Waals surface area contributed by atoms with Crippen molar-refractivity contribution in [3.8, 4) is 0 Å². The molecule has 0 spiro atoms. The molecule has 0 radical (unpaired) electrons.